The zero-order chi connectivity index (χ0) is 22.6. The van der Waals surface area contributed by atoms with Gasteiger partial charge < -0.3 is 27.2 Å². The number of hydrogen-bond acceptors (Lipinski definition) is 6. The molecule has 2 aliphatic heterocycles. The van der Waals surface area contributed by atoms with Crippen LogP contribution in [0.15, 0.2) is 82.1 Å². The minimum absolute atomic E-state index is 0. The van der Waals surface area contributed by atoms with Gasteiger partial charge in [-0.1, -0.05) is 6.07 Å². The van der Waals surface area contributed by atoms with Gasteiger partial charge in [0.2, 0.25) is 0 Å². The van der Waals surface area contributed by atoms with Gasteiger partial charge in [-0.25, -0.2) is 4.99 Å². The van der Waals surface area contributed by atoms with Crippen molar-refractivity contribution < 1.29 is 40.6 Å². The second kappa shape index (κ2) is 12.4. The van der Waals surface area contributed by atoms with Gasteiger partial charge in [-0.3, -0.25) is 10.4 Å². The van der Waals surface area contributed by atoms with Crippen LogP contribution in [0.1, 0.15) is 16.7 Å². The Morgan fingerprint density at radius 2 is 1.97 bits per heavy atom. The normalized spacial score (nSPS) is 14.1. The minimum atomic E-state index is -0.407. The standard InChI is InChI=1S/C25H19IN5O2.CH3.U/c27-24-16-33-23-5-4-19(13-22(23)31(24)14-17-7-10-28-11-8-17)21-6-9-26-25(30-21)29-20-3-1-2-18(12-20)15-32;;/h1-13,27H,14,16H2,(H,29,30);1H3;/q2*-1;+2. The van der Waals surface area contributed by atoms with Crippen LogP contribution in [0.3, 0.4) is 0 Å². The Labute approximate surface area is 238 Å². The van der Waals surface area contributed by atoms with E-state index in [0.29, 0.717) is 17.9 Å². The molecule has 0 amide bonds. The molecule has 174 valence electrons. The summed E-state index contributed by atoms with van der Waals surface area (Å²) in [7, 11) is 0. The van der Waals surface area contributed by atoms with Crippen LogP contribution in [0, 0.1) is 43.9 Å². The molecule has 9 heteroatoms. The van der Waals surface area contributed by atoms with E-state index < -0.39 is 20.7 Å². The molecule has 2 aliphatic rings. The second-order valence-electron chi connectivity index (χ2n) is 7.36. The molecular formula is C26H22IN5O2U. The molecule has 0 aliphatic carbocycles. The van der Waals surface area contributed by atoms with E-state index in [-0.39, 0.29) is 45.1 Å². The van der Waals surface area contributed by atoms with Crippen molar-refractivity contribution in [3.05, 3.63) is 101 Å². The number of nitrogens with one attached hydrogen (secondary N) is 2. The summed E-state index contributed by atoms with van der Waals surface area (Å²) in [5.74, 6) is 1.16. The van der Waals surface area contributed by atoms with Crippen LogP contribution >= 0.6 is 20.7 Å². The van der Waals surface area contributed by atoms with Crippen LogP contribution in [0.25, 0.3) is 0 Å². The van der Waals surface area contributed by atoms with Crippen molar-refractivity contribution in [2.45, 2.75) is 6.54 Å². The third kappa shape index (κ3) is 6.34. The molecule has 5 rings (SSSR count). The van der Waals surface area contributed by atoms with Crippen molar-refractivity contribution in [1.82, 2.24) is 4.98 Å². The summed E-state index contributed by atoms with van der Waals surface area (Å²) in [5, 5.41) is 11.8. The van der Waals surface area contributed by atoms with Crippen molar-refractivity contribution in [2.24, 2.45) is 4.99 Å². The molecule has 0 radical (unpaired) electrons. The number of carbonyl (C=O) groups excluding carboxylic acids is 1. The van der Waals surface area contributed by atoms with Crippen LogP contribution in [-0.2, 0) is 11.3 Å². The minimum Gasteiger partial charge on any atom is -0.484 e. The van der Waals surface area contributed by atoms with Crippen molar-refractivity contribution in [3.63, 3.8) is 0 Å². The first kappa shape index (κ1) is 27.0. The Morgan fingerprint density at radius 1 is 1.14 bits per heavy atom. The molecule has 0 saturated heterocycles. The Bertz CT molecular complexity index is 1320. The fourth-order valence-corrected chi connectivity index (χ4v) is 5.27. The van der Waals surface area contributed by atoms with Crippen molar-refractivity contribution >= 4 is 53.7 Å². The number of aromatic nitrogens is 1. The molecule has 0 bridgehead atoms. The third-order valence-corrected chi connectivity index (χ3v) is 6.98. The number of aliphatic imine (C=N–C) groups is 1. The summed E-state index contributed by atoms with van der Waals surface area (Å²) in [6, 6.07) is 17.1. The maximum Gasteiger partial charge on any atom is 2.00 e. The van der Waals surface area contributed by atoms with Crippen LogP contribution in [0.2, 0.25) is 0 Å². The van der Waals surface area contributed by atoms with Crippen LogP contribution in [0.5, 0.6) is 5.75 Å². The van der Waals surface area contributed by atoms with E-state index >= 15 is 0 Å². The van der Waals surface area contributed by atoms with E-state index in [1.165, 1.54) is 0 Å². The van der Waals surface area contributed by atoms with Crippen molar-refractivity contribution in [3.8, 4) is 5.75 Å². The van der Waals surface area contributed by atoms with Crippen LogP contribution < -0.4 is 15.0 Å². The smallest absolute Gasteiger partial charge is 0.484 e. The number of allylic oxidation sites excluding steroid dienone is 1. The first-order valence-electron chi connectivity index (χ1n) is 10.2. The number of anilines is 2. The predicted octanol–water partition coefficient (Wildman–Crippen LogP) is 4.85. The van der Waals surface area contributed by atoms with E-state index in [9.17, 15) is 4.79 Å². The first-order chi connectivity index (χ1) is 16.2. The Kier molecular flexibility index (Phi) is 9.55. The largest absolute Gasteiger partial charge is 2.00 e. The van der Waals surface area contributed by atoms with Gasteiger partial charge in [0, 0.05) is 24.5 Å². The number of ether oxygens (including phenoxy) is 1. The fraction of sp³-hybridized carbons (Fsp3) is 0.0769. The second-order valence-corrected chi connectivity index (χ2v) is 9.72. The Hall–Kier alpha value is -2.61. The van der Waals surface area contributed by atoms with E-state index in [1.54, 1.807) is 24.5 Å². The van der Waals surface area contributed by atoms with Gasteiger partial charge in [0.05, 0.1) is 17.7 Å². The summed E-state index contributed by atoms with van der Waals surface area (Å²) in [4.78, 5) is 21.8. The molecule has 1 aromatic heterocycles. The summed E-state index contributed by atoms with van der Waals surface area (Å²) in [5.41, 5.74) is 5.02. The SMILES string of the molecule is N=C1COc2ccc(C3=NC(Nc4cccc([C-]=O)c4)=IC=C3)cc2N1Cc1ccncc1.[CH3-].[U+2]. The number of benzene rings is 2. The molecule has 0 spiro atoms. The Balaban J connectivity index is 0.00000171. The van der Waals surface area contributed by atoms with Gasteiger partial charge >= 0.3 is 31.1 Å². The van der Waals surface area contributed by atoms with Crippen LogP contribution in [-0.4, -0.2) is 33.2 Å². The van der Waals surface area contributed by atoms with E-state index in [2.05, 4.69) is 14.4 Å². The zero-order valence-corrected chi connectivity index (χ0v) is 25.3. The van der Waals surface area contributed by atoms with E-state index in [4.69, 9.17) is 15.1 Å². The average Bonchev–Trinajstić information content (AvgIpc) is 2.86. The fourth-order valence-electron chi connectivity index (χ4n) is 3.54. The molecule has 35 heavy (non-hydrogen) atoms. The molecule has 2 aromatic carbocycles. The van der Waals surface area contributed by atoms with Gasteiger partial charge in [0.25, 0.3) is 0 Å². The van der Waals surface area contributed by atoms with Gasteiger partial charge in [-0.2, -0.15) is 6.07 Å². The summed E-state index contributed by atoms with van der Waals surface area (Å²) < 4.78 is 8.84. The van der Waals surface area contributed by atoms with E-state index in [0.717, 1.165) is 37.7 Å². The number of rotatable bonds is 6. The molecule has 0 unspecified atom stereocenters. The van der Waals surface area contributed by atoms with Crippen molar-refractivity contribution in [2.75, 3.05) is 16.8 Å². The van der Waals surface area contributed by atoms with Crippen LogP contribution in [0.4, 0.5) is 11.4 Å². The molecule has 2 N–H and O–H groups in total. The monoisotopic (exact) mass is 801 g/mol. The summed E-state index contributed by atoms with van der Waals surface area (Å²) >= 11 is -0.407. The van der Waals surface area contributed by atoms with Gasteiger partial charge in [0.15, 0.2) is 3.76 Å². The summed E-state index contributed by atoms with van der Waals surface area (Å²) in [6.45, 7) is 0.805. The maximum absolute atomic E-state index is 10.9. The number of halogens is 1. The summed E-state index contributed by atoms with van der Waals surface area (Å²) in [6.07, 6.45) is 7.47. The Morgan fingerprint density at radius 3 is 2.77 bits per heavy atom. The number of fused-ring (bicyclic) bond motifs is 1. The quantitative estimate of drug-likeness (QED) is 0.275. The molecule has 3 heterocycles. The van der Waals surface area contributed by atoms with Gasteiger partial charge in [0.1, 0.15) is 18.2 Å². The average molecular weight is 801 g/mol. The van der Waals surface area contributed by atoms with Crippen molar-refractivity contribution in [1.29, 1.82) is 5.41 Å². The van der Waals surface area contributed by atoms with E-state index in [1.807, 2.05) is 59.7 Å². The molecule has 0 saturated carbocycles. The molecule has 7 nitrogen and oxygen atoms in total. The maximum atomic E-state index is 10.9. The van der Waals surface area contributed by atoms with Gasteiger partial charge in [-0.15, -0.1) is 17.7 Å². The number of hydrogen-bond donors (Lipinski definition) is 2. The third-order valence-electron chi connectivity index (χ3n) is 5.16. The number of amidine groups is 1. The molecule has 0 atom stereocenters. The zero-order valence-electron chi connectivity index (χ0n) is 19.0. The number of nitrogens with zero attached hydrogens (tertiary/aromatic N) is 3. The molecule has 3 aromatic rings. The number of pyridine rings is 1. The first-order valence-corrected chi connectivity index (χ1v) is 12.5. The topological polar surface area (TPSA) is 90.7 Å². The predicted molar refractivity (Wildman–Crippen MR) is 146 cm³/mol. The molecule has 0 fully saturated rings. The van der Waals surface area contributed by atoms with Gasteiger partial charge in [-0.05, 0) is 72.5 Å². The molecular weight excluding hydrogens is 779 g/mol.